The van der Waals surface area contributed by atoms with Gasteiger partial charge in [0, 0.05) is 35.2 Å². The molecule has 0 bridgehead atoms. The molecule has 2 unspecified atom stereocenters. The van der Waals surface area contributed by atoms with Crippen LogP contribution in [0, 0.1) is 19.8 Å². The molecular formula is C24H30N2O2-2. The molecule has 1 aromatic heterocycles. The molecule has 2 aromatic rings. The van der Waals surface area contributed by atoms with Crippen molar-refractivity contribution in [2.24, 2.45) is 5.92 Å². The average Bonchev–Trinajstić information content (AvgIpc) is 3.04. The second kappa shape index (κ2) is 6.50. The number of hydrogen-bond acceptors (Lipinski definition) is 3. The summed E-state index contributed by atoms with van der Waals surface area (Å²) in [4.78, 5) is 5.49. The van der Waals surface area contributed by atoms with E-state index in [9.17, 15) is 10.2 Å². The van der Waals surface area contributed by atoms with Crippen LogP contribution in [0.2, 0.25) is 0 Å². The lowest BCUT2D eigenvalue weighted by Crippen LogP contribution is -2.65. The highest BCUT2D eigenvalue weighted by Gasteiger charge is 2.43. The molecule has 2 aliphatic rings. The summed E-state index contributed by atoms with van der Waals surface area (Å²) in [5, 5.41) is 26.2. The molecule has 0 radical (unpaired) electrons. The number of likely N-dealkylation sites (N-methyl/N-ethyl adjacent to an activating group) is 1. The summed E-state index contributed by atoms with van der Waals surface area (Å²) in [7, 11) is 2.03. The Labute approximate surface area is 167 Å². The number of hydrogen-bond donors (Lipinski definition) is 1. The van der Waals surface area contributed by atoms with Gasteiger partial charge in [0.2, 0.25) is 0 Å². The van der Waals surface area contributed by atoms with E-state index in [1.165, 1.54) is 11.1 Å². The van der Waals surface area contributed by atoms with Gasteiger partial charge in [0.1, 0.15) is 0 Å². The van der Waals surface area contributed by atoms with E-state index in [0.29, 0.717) is 0 Å². The quantitative estimate of drug-likeness (QED) is 0.893. The number of benzene rings is 1. The van der Waals surface area contributed by atoms with E-state index < -0.39 is 24.0 Å². The van der Waals surface area contributed by atoms with Gasteiger partial charge in [-0.15, -0.1) is 12.2 Å². The second-order valence-corrected chi connectivity index (χ2v) is 8.91. The predicted molar refractivity (Wildman–Crippen MR) is 109 cm³/mol. The van der Waals surface area contributed by atoms with E-state index in [0.717, 1.165) is 34.8 Å². The zero-order chi connectivity index (χ0) is 20.4. The molecule has 150 valence electrons. The number of fused-ring (bicyclic) bond motifs is 1. The Kier molecular flexibility index (Phi) is 4.48. The van der Waals surface area contributed by atoms with E-state index in [4.69, 9.17) is 0 Å². The van der Waals surface area contributed by atoms with Gasteiger partial charge < -0.3 is 20.1 Å². The van der Waals surface area contributed by atoms with Crippen molar-refractivity contribution in [1.82, 2.24) is 4.98 Å². The van der Waals surface area contributed by atoms with Crippen molar-refractivity contribution >= 4 is 5.69 Å². The van der Waals surface area contributed by atoms with Gasteiger partial charge in [0.05, 0.1) is 0 Å². The number of H-pyrrole nitrogens is 1. The maximum atomic E-state index is 13.1. The first-order valence-electron chi connectivity index (χ1n) is 10.2. The molecule has 0 spiro atoms. The smallest absolute Gasteiger partial charge is 0.0447 e. The summed E-state index contributed by atoms with van der Waals surface area (Å²) >= 11 is 0. The van der Waals surface area contributed by atoms with Crippen molar-refractivity contribution in [3.05, 3.63) is 64.1 Å². The molecule has 28 heavy (non-hydrogen) atoms. The summed E-state index contributed by atoms with van der Waals surface area (Å²) in [6.07, 6.45) is 1.09. The monoisotopic (exact) mass is 378 g/mol. The highest BCUT2D eigenvalue weighted by Crippen LogP contribution is 2.49. The summed E-state index contributed by atoms with van der Waals surface area (Å²) < 4.78 is 0. The lowest BCUT2D eigenvalue weighted by molar-refractivity contribution is -0.543. The first kappa shape index (κ1) is 19.3. The zero-order valence-corrected chi connectivity index (χ0v) is 17.7. The molecule has 1 aromatic carbocycles. The van der Waals surface area contributed by atoms with Crippen molar-refractivity contribution in [2.75, 3.05) is 11.9 Å². The summed E-state index contributed by atoms with van der Waals surface area (Å²) in [6, 6.07) is 8.31. The second-order valence-electron chi connectivity index (χ2n) is 8.91. The molecule has 1 aliphatic heterocycles. The molecule has 2 atom stereocenters. The van der Waals surface area contributed by atoms with Gasteiger partial charge in [-0.3, -0.25) is 0 Å². The zero-order valence-electron chi connectivity index (χ0n) is 17.7. The average molecular weight is 379 g/mol. The molecule has 4 heteroatoms. The number of nitrogens with zero attached hydrogens (tertiary/aromatic N) is 1. The normalized spacial score (nSPS) is 29.9. The lowest BCUT2D eigenvalue weighted by Gasteiger charge is -2.60. The van der Waals surface area contributed by atoms with Gasteiger partial charge in [-0.25, -0.2) is 0 Å². The minimum atomic E-state index is -0.899. The van der Waals surface area contributed by atoms with Crippen LogP contribution < -0.4 is 15.1 Å². The van der Waals surface area contributed by atoms with E-state index in [1.54, 1.807) is 0 Å². The first-order valence-corrected chi connectivity index (χ1v) is 10.2. The predicted octanol–water partition coefficient (Wildman–Crippen LogP) is 2.68. The fraction of sp³-hybridized carbons (Fsp3) is 0.500. The van der Waals surface area contributed by atoms with Crippen LogP contribution >= 0.6 is 0 Å². The minimum Gasteiger partial charge on any atom is -0.851 e. The van der Waals surface area contributed by atoms with Crippen LogP contribution in [0.1, 0.15) is 54.8 Å². The van der Waals surface area contributed by atoms with Gasteiger partial charge in [0.25, 0.3) is 0 Å². The highest BCUT2D eigenvalue weighted by atomic mass is 16.3. The van der Waals surface area contributed by atoms with Crippen LogP contribution in [0.25, 0.3) is 0 Å². The van der Waals surface area contributed by atoms with Gasteiger partial charge >= 0.3 is 0 Å². The molecule has 4 nitrogen and oxygen atoms in total. The van der Waals surface area contributed by atoms with Crippen LogP contribution in [0.3, 0.4) is 0 Å². The Hall–Kier alpha value is -2.04. The summed E-state index contributed by atoms with van der Waals surface area (Å²) in [6.45, 7) is 10.5. The number of allylic oxidation sites excluding steroid dienone is 1. The Morgan fingerprint density at radius 1 is 1.14 bits per heavy atom. The van der Waals surface area contributed by atoms with Crippen molar-refractivity contribution in [2.45, 2.75) is 64.6 Å². The van der Waals surface area contributed by atoms with E-state index in [1.807, 2.05) is 39.1 Å². The van der Waals surface area contributed by atoms with Crippen molar-refractivity contribution in [3.8, 4) is 0 Å². The molecule has 0 saturated heterocycles. The lowest BCUT2D eigenvalue weighted by atomic mass is 9.65. The molecule has 1 aliphatic carbocycles. The van der Waals surface area contributed by atoms with Gasteiger partial charge in [-0.2, -0.15) is 0 Å². The Bertz CT molecular complexity index is 930. The van der Waals surface area contributed by atoms with Crippen LogP contribution in [0.4, 0.5) is 5.69 Å². The number of nitrogens with one attached hydrogen (secondary N) is 1. The van der Waals surface area contributed by atoms with Gasteiger partial charge in [-0.05, 0) is 54.9 Å². The van der Waals surface area contributed by atoms with Crippen molar-refractivity contribution < 1.29 is 10.2 Å². The largest absolute Gasteiger partial charge is 0.851 e. The van der Waals surface area contributed by atoms with E-state index in [-0.39, 0.29) is 5.41 Å². The Balaban J connectivity index is 1.65. The number of aryl methyl sites for hydroxylation is 1. The van der Waals surface area contributed by atoms with Crippen LogP contribution in [-0.2, 0) is 11.8 Å². The molecule has 4 rings (SSSR count). The topological polar surface area (TPSA) is 65.1 Å². The highest BCUT2D eigenvalue weighted by molar-refractivity contribution is 5.69. The van der Waals surface area contributed by atoms with Crippen molar-refractivity contribution in [3.63, 3.8) is 0 Å². The maximum Gasteiger partial charge on any atom is 0.0447 e. The van der Waals surface area contributed by atoms with Crippen LogP contribution in [0.15, 0.2) is 36.0 Å². The van der Waals surface area contributed by atoms with Gasteiger partial charge in [0.15, 0.2) is 0 Å². The maximum absolute atomic E-state index is 13.1. The number of para-hydroxylation sites is 1. The van der Waals surface area contributed by atoms with E-state index in [2.05, 4.69) is 42.8 Å². The third-order valence-electron chi connectivity index (χ3n) is 7.08. The molecular weight excluding hydrogens is 348 g/mol. The standard InChI is InChI=1S/C24H30N2O2/c1-7-15-13(2)21(25-14(15)3)20-22(27)16(23(20)28)12-19-24(4,5)17-10-8-9-11-18(17)26(19)6/h8-12,16,20,22-23,25H,7H2,1-6H3/q-2. The van der Waals surface area contributed by atoms with E-state index >= 15 is 0 Å². The first-order chi connectivity index (χ1) is 13.2. The third-order valence-corrected chi connectivity index (χ3v) is 7.08. The summed E-state index contributed by atoms with van der Waals surface area (Å²) in [5.74, 6) is -0.956. The summed E-state index contributed by atoms with van der Waals surface area (Å²) in [5.41, 5.74) is 7.55. The number of anilines is 1. The molecule has 1 saturated carbocycles. The SMILES string of the molecule is CCc1c(C)[nH]c(C2C([O-])C(C=C3N(C)c4ccccc4C3(C)C)C2[O-])c1C. The minimum absolute atomic E-state index is 0.204. The molecule has 1 fully saturated rings. The molecule has 0 amide bonds. The molecule has 2 heterocycles. The number of aromatic nitrogens is 1. The number of aromatic amines is 1. The molecule has 1 N–H and O–H groups in total. The van der Waals surface area contributed by atoms with Crippen LogP contribution in [0.5, 0.6) is 0 Å². The fourth-order valence-electron chi connectivity index (χ4n) is 5.39. The Morgan fingerprint density at radius 2 is 1.79 bits per heavy atom. The van der Waals surface area contributed by atoms with Crippen molar-refractivity contribution in [1.29, 1.82) is 0 Å². The van der Waals surface area contributed by atoms with Crippen LogP contribution in [-0.4, -0.2) is 24.2 Å². The third kappa shape index (κ3) is 2.51. The fourth-order valence-corrected chi connectivity index (χ4v) is 5.39. The Morgan fingerprint density at radius 3 is 2.36 bits per heavy atom. The van der Waals surface area contributed by atoms with Gasteiger partial charge in [-0.1, -0.05) is 45.0 Å². The number of rotatable bonds is 3.